The predicted octanol–water partition coefficient (Wildman–Crippen LogP) is 6.85. The van der Waals surface area contributed by atoms with Crippen LogP contribution in [0.5, 0.6) is 0 Å². The van der Waals surface area contributed by atoms with Crippen molar-refractivity contribution in [1.82, 2.24) is 4.90 Å². The van der Waals surface area contributed by atoms with E-state index < -0.39 is 0 Å². The molecular formula is C26H43N. The second-order valence-electron chi connectivity index (χ2n) is 10.7. The van der Waals surface area contributed by atoms with Gasteiger partial charge >= 0.3 is 0 Å². The zero-order chi connectivity index (χ0) is 19.4. The fourth-order valence-corrected chi connectivity index (χ4v) is 8.67. The third kappa shape index (κ3) is 2.66. The van der Waals surface area contributed by atoms with Gasteiger partial charge in [-0.25, -0.2) is 0 Å². The number of rotatable bonds is 5. The molecule has 1 heterocycles. The maximum Gasteiger partial charge on any atom is 0.0473 e. The van der Waals surface area contributed by atoms with Gasteiger partial charge in [-0.2, -0.15) is 0 Å². The Morgan fingerprint density at radius 2 is 1.85 bits per heavy atom. The van der Waals surface area contributed by atoms with E-state index in [4.69, 9.17) is 0 Å². The highest BCUT2D eigenvalue weighted by atomic mass is 15.2. The number of nitrogens with zero attached hydrogens (tertiary/aromatic N) is 1. The molecule has 4 rings (SSSR count). The summed E-state index contributed by atoms with van der Waals surface area (Å²) in [5.41, 5.74) is 2.53. The van der Waals surface area contributed by atoms with E-state index >= 15 is 0 Å². The molecule has 0 N–H and O–H groups in total. The lowest BCUT2D eigenvalue weighted by Gasteiger charge is -2.62. The Balaban J connectivity index is 1.75. The lowest BCUT2D eigenvalue weighted by Crippen LogP contribution is -2.64. The minimum absolute atomic E-state index is 0.533. The average Bonchev–Trinajstić information content (AvgIpc) is 3.33. The highest BCUT2D eigenvalue weighted by molar-refractivity contribution is 5.31. The first-order chi connectivity index (χ1) is 12.9. The molecule has 1 saturated heterocycles. The van der Waals surface area contributed by atoms with E-state index in [0.29, 0.717) is 16.9 Å². The Bertz CT molecular complexity index is 618. The molecule has 1 aliphatic heterocycles. The van der Waals surface area contributed by atoms with Crippen molar-refractivity contribution < 1.29 is 0 Å². The van der Waals surface area contributed by atoms with Crippen LogP contribution in [0.3, 0.4) is 0 Å². The zero-order valence-electron chi connectivity index (χ0n) is 18.8. The zero-order valence-corrected chi connectivity index (χ0v) is 18.8. The van der Waals surface area contributed by atoms with E-state index in [-0.39, 0.29) is 0 Å². The summed E-state index contributed by atoms with van der Waals surface area (Å²) in [4.78, 5) is 2.94. The van der Waals surface area contributed by atoms with Crippen LogP contribution in [0.1, 0.15) is 86.5 Å². The van der Waals surface area contributed by atoms with Crippen LogP contribution in [-0.2, 0) is 0 Å². The summed E-state index contributed by atoms with van der Waals surface area (Å²) in [6.07, 6.45) is 17.3. The van der Waals surface area contributed by atoms with Crippen LogP contribution in [0, 0.1) is 34.5 Å². The molecule has 4 aliphatic rings. The second-order valence-corrected chi connectivity index (χ2v) is 10.7. The molecule has 1 heteroatoms. The molecule has 0 aromatic heterocycles. The van der Waals surface area contributed by atoms with Crippen molar-refractivity contribution in [2.24, 2.45) is 34.5 Å². The van der Waals surface area contributed by atoms with Gasteiger partial charge in [-0.15, -0.1) is 0 Å². The van der Waals surface area contributed by atoms with Crippen LogP contribution in [0.25, 0.3) is 0 Å². The summed E-state index contributed by atoms with van der Waals surface area (Å²) in [6, 6.07) is 1.29. The first-order valence-electron chi connectivity index (χ1n) is 12.1. The summed E-state index contributed by atoms with van der Waals surface area (Å²) >= 11 is 0. The molecule has 0 aromatic rings. The largest absolute Gasteiger partial charge is 0.290 e. The third-order valence-corrected chi connectivity index (χ3v) is 9.99. The van der Waals surface area contributed by atoms with Crippen LogP contribution in [0.15, 0.2) is 23.8 Å². The Kier molecular flexibility index (Phi) is 5.15. The Hall–Kier alpha value is -0.560. The van der Waals surface area contributed by atoms with Crippen molar-refractivity contribution >= 4 is 0 Å². The van der Waals surface area contributed by atoms with Crippen LogP contribution < -0.4 is 0 Å². The third-order valence-electron chi connectivity index (χ3n) is 9.99. The molecule has 8 unspecified atom stereocenters. The van der Waals surface area contributed by atoms with E-state index in [9.17, 15) is 0 Å². The Labute approximate surface area is 168 Å². The maximum atomic E-state index is 2.94. The van der Waals surface area contributed by atoms with Crippen LogP contribution in [0.2, 0.25) is 0 Å². The van der Waals surface area contributed by atoms with Gasteiger partial charge < -0.3 is 0 Å². The molecule has 2 saturated carbocycles. The molecule has 3 aliphatic carbocycles. The second kappa shape index (κ2) is 7.05. The van der Waals surface area contributed by atoms with Gasteiger partial charge in [-0.05, 0) is 73.5 Å². The van der Waals surface area contributed by atoms with Crippen molar-refractivity contribution in [2.45, 2.75) is 98.6 Å². The maximum absolute atomic E-state index is 2.94. The molecule has 1 nitrogen and oxygen atoms in total. The number of fused-ring (bicyclic) bond motifs is 3. The van der Waals surface area contributed by atoms with Crippen molar-refractivity contribution in [3.05, 3.63) is 23.8 Å². The molecule has 0 spiro atoms. The monoisotopic (exact) mass is 369 g/mol. The van der Waals surface area contributed by atoms with Crippen LogP contribution in [0.4, 0.5) is 0 Å². The molecule has 3 fully saturated rings. The first-order valence-corrected chi connectivity index (χ1v) is 12.1. The fourth-order valence-electron chi connectivity index (χ4n) is 8.67. The molecule has 0 radical (unpaired) electrons. The van der Waals surface area contributed by atoms with Crippen molar-refractivity contribution in [3.63, 3.8) is 0 Å². The minimum atomic E-state index is 0.533. The Morgan fingerprint density at radius 3 is 2.41 bits per heavy atom. The van der Waals surface area contributed by atoms with E-state index in [1.807, 2.05) is 0 Å². The minimum Gasteiger partial charge on any atom is -0.290 e. The van der Waals surface area contributed by atoms with Crippen molar-refractivity contribution in [3.8, 4) is 0 Å². The number of hydrogen-bond acceptors (Lipinski definition) is 1. The van der Waals surface area contributed by atoms with E-state index in [0.717, 1.165) is 29.7 Å². The van der Waals surface area contributed by atoms with E-state index in [1.54, 1.807) is 0 Å². The quantitative estimate of drug-likeness (QED) is 0.512. The van der Waals surface area contributed by atoms with Gasteiger partial charge in [0.25, 0.3) is 0 Å². The molecule has 0 amide bonds. The molecule has 8 atom stereocenters. The fraction of sp³-hybridized carbons (Fsp3) is 0.846. The Morgan fingerprint density at radius 1 is 1.07 bits per heavy atom. The first kappa shape index (κ1) is 19.7. The van der Waals surface area contributed by atoms with Gasteiger partial charge in [0.05, 0.1) is 0 Å². The SMILES string of the molecule is CCC1CC2CC3(CC)CN(C4C=CC(C)=C4)C(CC)C(CC)C3(C)C2C1. The summed E-state index contributed by atoms with van der Waals surface area (Å²) in [5, 5.41) is 0. The lowest BCUT2D eigenvalue weighted by atomic mass is 9.50. The van der Waals surface area contributed by atoms with Gasteiger partial charge in [-0.1, -0.05) is 71.3 Å². The average molecular weight is 370 g/mol. The summed E-state index contributed by atoms with van der Waals surface area (Å²) in [6.45, 7) is 16.2. The number of piperidine rings is 1. The van der Waals surface area contributed by atoms with Gasteiger partial charge in [-0.3, -0.25) is 4.90 Å². The van der Waals surface area contributed by atoms with E-state index in [1.165, 1.54) is 57.1 Å². The summed E-state index contributed by atoms with van der Waals surface area (Å²) in [5.74, 6) is 3.85. The van der Waals surface area contributed by atoms with Gasteiger partial charge in [0, 0.05) is 18.6 Å². The summed E-state index contributed by atoms with van der Waals surface area (Å²) in [7, 11) is 0. The number of hydrogen-bond donors (Lipinski definition) is 0. The number of allylic oxidation sites excluding steroid dienone is 2. The highest BCUT2D eigenvalue weighted by Crippen LogP contribution is 2.72. The van der Waals surface area contributed by atoms with Crippen molar-refractivity contribution in [2.75, 3.05) is 6.54 Å². The standard InChI is InChI=1S/C26H43N/c1-7-19-14-20-16-26(10-4)17-27(21-12-11-18(5)13-21)24(9-3)22(8-2)25(26,6)23(20)15-19/h11-13,19-24H,7-10,14-17H2,1-6H3. The van der Waals surface area contributed by atoms with Gasteiger partial charge in [0.1, 0.15) is 0 Å². The molecular weight excluding hydrogens is 326 g/mol. The van der Waals surface area contributed by atoms with Crippen LogP contribution >= 0.6 is 0 Å². The van der Waals surface area contributed by atoms with Crippen LogP contribution in [-0.4, -0.2) is 23.5 Å². The lowest BCUT2D eigenvalue weighted by molar-refractivity contribution is -0.132. The van der Waals surface area contributed by atoms with Gasteiger partial charge in [0.15, 0.2) is 0 Å². The topological polar surface area (TPSA) is 3.24 Å². The number of likely N-dealkylation sites (tertiary alicyclic amines) is 1. The molecule has 0 bridgehead atoms. The normalized spacial score (nSPS) is 49.3. The van der Waals surface area contributed by atoms with Crippen molar-refractivity contribution in [1.29, 1.82) is 0 Å². The molecule has 152 valence electrons. The smallest absolute Gasteiger partial charge is 0.0473 e. The molecule has 27 heavy (non-hydrogen) atoms. The molecule has 0 aromatic carbocycles. The highest BCUT2D eigenvalue weighted by Gasteiger charge is 2.68. The predicted molar refractivity (Wildman–Crippen MR) is 117 cm³/mol. The van der Waals surface area contributed by atoms with Gasteiger partial charge in [0.2, 0.25) is 0 Å². The van der Waals surface area contributed by atoms with E-state index in [2.05, 4.69) is 64.7 Å². The summed E-state index contributed by atoms with van der Waals surface area (Å²) < 4.78 is 0.